The molecule has 102 valence electrons. The van der Waals surface area contributed by atoms with Gasteiger partial charge in [-0.15, -0.1) is 0 Å². The fourth-order valence-electron chi connectivity index (χ4n) is 2.46. The van der Waals surface area contributed by atoms with Crippen molar-refractivity contribution >= 4 is 0 Å². The Morgan fingerprint density at radius 2 is 1.88 bits per heavy atom. The molecule has 0 atom stereocenters. The van der Waals surface area contributed by atoms with Gasteiger partial charge < -0.3 is 10.1 Å². The van der Waals surface area contributed by atoms with Gasteiger partial charge in [0.25, 0.3) is 0 Å². The van der Waals surface area contributed by atoms with Crippen molar-refractivity contribution in [3.8, 4) is 0 Å². The summed E-state index contributed by atoms with van der Waals surface area (Å²) in [5.74, 6) is 2.56. The summed E-state index contributed by atoms with van der Waals surface area (Å²) in [5, 5.41) is 3.58. The third kappa shape index (κ3) is 7.77. The maximum atomic E-state index is 5.56. The zero-order chi connectivity index (χ0) is 12.5. The van der Waals surface area contributed by atoms with Crippen molar-refractivity contribution < 1.29 is 4.74 Å². The van der Waals surface area contributed by atoms with Crippen LogP contribution in [0.1, 0.15) is 52.9 Å². The van der Waals surface area contributed by atoms with Crippen molar-refractivity contribution in [3.63, 3.8) is 0 Å². The molecular weight excluding hydrogens is 210 g/mol. The first kappa shape index (κ1) is 15.0. The maximum Gasteiger partial charge on any atom is 0.0489 e. The van der Waals surface area contributed by atoms with Crippen molar-refractivity contribution in [1.29, 1.82) is 0 Å². The summed E-state index contributed by atoms with van der Waals surface area (Å²) < 4.78 is 5.56. The van der Waals surface area contributed by atoms with Crippen molar-refractivity contribution in [2.24, 2.45) is 17.8 Å². The normalized spacial score (nSPS) is 25.4. The van der Waals surface area contributed by atoms with Crippen LogP contribution in [0.15, 0.2) is 0 Å². The van der Waals surface area contributed by atoms with E-state index in [9.17, 15) is 0 Å². The van der Waals surface area contributed by atoms with E-state index in [1.54, 1.807) is 0 Å². The fourth-order valence-corrected chi connectivity index (χ4v) is 2.46. The predicted octanol–water partition coefficient (Wildman–Crippen LogP) is 3.47. The second-order valence-corrected chi connectivity index (χ2v) is 6.15. The van der Waals surface area contributed by atoms with Gasteiger partial charge in [0.1, 0.15) is 0 Å². The molecule has 0 amide bonds. The van der Waals surface area contributed by atoms with Gasteiger partial charge in [-0.05, 0) is 50.1 Å². The van der Waals surface area contributed by atoms with Gasteiger partial charge in [0.05, 0.1) is 0 Å². The summed E-state index contributed by atoms with van der Waals surface area (Å²) in [4.78, 5) is 0. The fraction of sp³-hybridized carbons (Fsp3) is 1.00. The van der Waals surface area contributed by atoms with Crippen LogP contribution < -0.4 is 5.32 Å². The Hall–Kier alpha value is -0.0800. The van der Waals surface area contributed by atoms with Crippen molar-refractivity contribution in [3.05, 3.63) is 0 Å². The van der Waals surface area contributed by atoms with Gasteiger partial charge in [0.2, 0.25) is 0 Å². The average Bonchev–Trinajstić information content (AvgIpc) is 2.30. The smallest absolute Gasteiger partial charge is 0.0489 e. The number of rotatable bonds is 8. The first-order valence-corrected chi connectivity index (χ1v) is 7.47. The highest BCUT2D eigenvalue weighted by atomic mass is 16.5. The van der Waals surface area contributed by atoms with Crippen LogP contribution in [-0.2, 0) is 4.74 Å². The summed E-state index contributed by atoms with van der Waals surface area (Å²) in [6.07, 6.45) is 6.87. The lowest BCUT2D eigenvalue weighted by molar-refractivity contribution is 0.107. The van der Waals surface area contributed by atoms with Gasteiger partial charge in [-0.3, -0.25) is 0 Å². The third-order valence-corrected chi connectivity index (χ3v) is 3.66. The molecule has 2 nitrogen and oxygen atoms in total. The molecule has 1 saturated carbocycles. The third-order valence-electron chi connectivity index (χ3n) is 3.66. The summed E-state index contributed by atoms with van der Waals surface area (Å²) in [7, 11) is 0. The molecule has 0 heterocycles. The maximum absolute atomic E-state index is 5.56. The molecule has 17 heavy (non-hydrogen) atoms. The van der Waals surface area contributed by atoms with Crippen LogP contribution in [0.5, 0.6) is 0 Å². The van der Waals surface area contributed by atoms with E-state index in [1.807, 2.05) is 0 Å². The van der Waals surface area contributed by atoms with E-state index in [1.165, 1.54) is 32.2 Å². The van der Waals surface area contributed by atoms with Crippen LogP contribution >= 0.6 is 0 Å². The second-order valence-electron chi connectivity index (χ2n) is 6.15. The van der Waals surface area contributed by atoms with Crippen LogP contribution in [0.25, 0.3) is 0 Å². The molecule has 0 spiro atoms. The summed E-state index contributed by atoms with van der Waals surface area (Å²) in [6.45, 7) is 10.9. The van der Waals surface area contributed by atoms with Gasteiger partial charge >= 0.3 is 0 Å². The highest BCUT2D eigenvalue weighted by Gasteiger charge is 2.17. The Labute approximate surface area is 108 Å². The van der Waals surface area contributed by atoms with Crippen LogP contribution in [-0.4, -0.2) is 26.3 Å². The minimum absolute atomic E-state index is 0.659. The first-order chi connectivity index (χ1) is 8.18. The molecule has 2 heteroatoms. The molecule has 1 N–H and O–H groups in total. The highest BCUT2D eigenvalue weighted by molar-refractivity contribution is 4.71. The summed E-state index contributed by atoms with van der Waals surface area (Å²) in [5.41, 5.74) is 0. The van der Waals surface area contributed by atoms with Crippen LogP contribution in [0.4, 0.5) is 0 Å². The zero-order valence-corrected chi connectivity index (χ0v) is 12.0. The van der Waals surface area contributed by atoms with Gasteiger partial charge in [0.15, 0.2) is 0 Å². The Kier molecular flexibility index (Phi) is 7.87. The van der Waals surface area contributed by atoms with E-state index in [4.69, 9.17) is 4.74 Å². The largest absolute Gasteiger partial charge is 0.381 e. The lowest BCUT2D eigenvalue weighted by Gasteiger charge is -2.26. The molecular formula is C15H31NO. The van der Waals surface area contributed by atoms with E-state index >= 15 is 0 Å². The van der Waals surface area contributed by atoms with Gasteiger partial charge in [-0.2, -0.15) is 0 Å². The second kappa shape index (κ2) is 8.93. The van der Waals surface area contributed by atoms with Crippen LogP contribution in [0.3, 0.4) is 0 Å². The Morgan fingerprint density at radius 3 is 2.53 bits per heavy atom. The average molecular weight is 241 g/mol. The van der Waals surface area contributed by atoms with E-state index in [2.05, 4.69) is 26.1 Å². The van der Waals surface area contributed by atoms with E-state index in [0.29, 0.717) is 5.92 Å². The van der Waals surface area contributed by atoms with Crippen LogP contribution in [0.2, 0.25) is 0 Å². The summed E-state index contributed by atoms with van der Waals surface area (Å²) in [6, 6.07) is 0. The Bertz CT molecular complexity index is 174. The SMILES string of the molecule is CC(C)COCCCNCC1CCC(C)CC1. The molecule has 0 aromatic carbocycles. The molecule has 1 aliphatic carbocycles. The predicted molar refractivity (Wildman–Crippen MR) is 74.3 cm³/mol. The molecule has 0 aromatic heterocycles. The van der Waals surface area contributed by atoms with Crippen molar-refractivity contribution in [1.82, 2.24) is 5.32 Å². The topological polar surface area (TPSA) is 21.3 Å². The molecule has 1 fully saturated rings. The van der Waals surface area contributed by atoms with Crippen LogP contribution in [0, 0.1) is 17.8 Å². The highest BCUT2D eigenvalue weighted by Crippen LogP contribution is 2.27. The molecule has 0 bridgehead atoms. The van der Waals surface area contributed by atoms with Gasteiger partial charge in [-0.25, -0.2) is 0 Å². The molecule has 1 aliphatic rings. The number of hydrogen-bond acceptors (Lipinski definition) is 2. The lowest BCUT2D eigenvalue weighted by Crippen LogP contribution is -2.27. The number of hydrogen-bond donors (Lipinski definition) is 1. The number of nitrogens with one attached hydrogen (secondary N) is 1. The van der Waals surface area contributed by atoms with E-state index in [0.717, 1.165) is 38.0 Å². The Balaban J connectivity index is 1.84. The molecule has 0 unspecified atom stereocenters. The molecule has 0 radical (unpaired) electrons. The van der Waals surface area contributed by atoms with Crippen molar-refractivity contribution in [2.45, 2.75) is 52.9 Å². The Morgan fingerprint density at radius 1 is 1.18 bits per heavy atom. The monoisotopic (exact) mass is 241 g/mol. The minimum Gasteiger partial charge on any atom is -0.381 e. The van der Waals surface area contributed by atoms with E-state index in [-0.39, 0.29) is 0 Å². The van der Waals surface area contributed by atoms with Crippen molar-refractivity contribution in [2.75, 3.05) is 26.3 Å². The summed E-state index contributed by atoms with van der Waals surface area (Å²) >= 11 is 0. The minimum atomic E-state index is 0.659. The zero-order valence-electron chi connectivity index (χ0n) is 12.0. The first-order valence-electron chi connectivity index (χ1n) is 7.47. The molecule has 0 aromatic rings. The van der Waals surface area contributed by atoms with Gasteiger partial charge in [0, 0.05) is 13.2 Å². The molecule has 1 rings (SSSR count). The number of ether oxygens (including phenoxy) is 1. The standard InChI is InChI=1S/C15H31NO/c1-13(2)12-17-10-4-9-16-11-15-7-5-14(3)6-8-15/h13-16H,4-12H2,1-3H3. The van der Waals surface area contributed by atoms with Gasteiger partial charge in [-0.1, -0.05) is 33.6 Å². The van der Waals surface area contributed by atoms with E-state index < -0.39 is 0 Å². The lowest BCUT2D eigenvalue weighted by atomic mass is 9.83. The quantitative estimate of drug-likeness (QED) is 0.657. The molecule has 0 saturated heterocycles. The molecule has 0 aliphatic heterocycles.